The molecule has 0 amide bonds. The number of rotatable bonds is 7. The van der Waals surface area contributed by atoms with Crippen molar-refractivity contribution >= 4 is 0 Å². The Kier molecular flexibility index (Phi) is 5.78. The van der Waals surface area contributed by atoms with Crippen LogP contribution in [-0.4, -0.2) is 24.5 Å². The smallest absolute Gasteiger partial charge is 0.0602 e. The topological polar surface area (TPSA) is 29.3 Å². The molecule has 0 aliphatic heterocycles. The number of hydrogen-bond acceptors (Lipinski definition) is 2. The number of benzene rings is 2. The molecule has 0 aliphatic rings. The maximum atomic E-state index is 5.81. The Hall–Kier alpha value is -1.64. The molecule has 0 fully saturated rings. The highest BCUT2D eigenvalue weighted by Crippen LogP contribution is 2.28. The summed E-state index contributed by atoms with van der Waals surface area (Å²) in [6, 6.07) is 21.7. The van der Waals surface area contributed by atoms with Crippen molar-refractivity contribution < 1.29 is 0 Å². The van der Waals surface area contributed by atoms with Gasteiger partial charge in [-0.25, -0.2) is 0 Å². The standard InChI is InChI=1S/C18H24N2/c1-2-14-20(15-13-19)18(16-9-5-3-6-10-16)17-11-7-4-8-12-17/h3-12,18H,2,13-15,19H2,1H3. The van der Waals surface area contributed by atoms with E-state index in [2.05, 4.69) is 72.5 Å². The van der Waals surface area contributed by atoms with Gasteiger partial charge in [-0.15, -0.1) is 0 Å². The van der Waals surface area contributed by atoms with Gasteiger partial charge in [-0.2, -0.15) is 0 Å². The molecule has 0 radical (unpaired) electrons. The van der Waals surface area contributed by atoms with Gasteiger partial charge in [-0.3, -0.25) is 4.90 Å². The maximum absolute atomic E-state index is 5.81. The normalized spacial score (nSPS) is 11.2. The first kappa shape index (κ1) is 14.8. The molecule has 2 aromatic rings. The third kappa shape index (κ3) is 3.69. The van der Waals surface area contributed by atoms with Gasteiger partial charge in [-0.1, -0.05) is 67.6 Å². The van der Waals surface area contributed by atoms with E-state index in [1.54, 1.807) is 0 Å². The van der Waals surface area contributed by atoms with Crippen LogP contribution in [0, 0.1) is 0 Å². The monoisotopic (exact) mass is 268 g/mol. The van der Waals surface area contributed by atoms with Crippen LogP contribution >= 0.6 is 0 Å². The predicted octanol–water partition coefficient (Wildman–Crippen LogP) is 3.45. The van der Waals surface area contributed by atoms with Gasteiger partial charge in [0.1, 0.15) is 0 Å². The van der Waals surface area contributed by atoms with Crippen LogP contribution in [0.1, 0.15) is 30.5 Å². The van der Waals surface area contributed by atoms with Crippen molar-refractivity contribution in [1.82, 2.24) is 4.90 Å². The molecule has 0 heterocycles. The van der Waals surface area contributed by atoms with Gasteiger partial charge in [-0.05, 0) is 24.1 Å². The van der Waals surface area contributed by atoms with E-state index in [4.69, 9.17) is 5.73 Å². The van der Waals surface area contributed by atoms with Crippen LogP contribution in [0.2, 0.25) is 0 Å². The summed E-state index contributed by atoms with van der Waals surface area (Å²) in [4.78, 5) is 2.48. The Bertz CT molecular complexity index is 436. The molecule has 20 heavy (non-hydrogen) atoms. The fourth-order valence-electron chi connectivity index (χ4n) is 2.71. The van der Waals surface area contributed by atoms with Gasteiger partial charge < -0.3 is 5.73 Å². The molecule has 0 aromatic heterocycles. The van der Waals surface area contributed by atoms with Crippen LogP contribution in [0.15, 0.2) is 60.7 Å². The lowest BCUT2D eigenvalue weighted by Gasteiger charge is -2.32. The van der Waals surface area contributed by atoms with Crippen LogP contribution in [0.25, 0.3) is 0 Å². The fourth-order valence-corrected chi connectivity index (χ4v) is 2.71. The molecule has 2 nitrogen and oxygen atoms in total. The van der Waals surface area contributed by atoms with Gasteiger partial charge in [0.2, 0.25) is 0 Å². The molecule has 2 rings (SSSR count). The summed E-state index contributed by atoms with van der Waals surface area (Å²) in [5, 5.41) is 0. The summed E-state index contributed by atoms with van der Waals surface area (Å²) in [5.41, 5.74) is 8.48. The van der Waals surface area contributed by atoms with Crippen LogP contribution < -0.4 is 5.73 Å². The summed E-state index contributed by atoms with van der Waals surface area (Å²) in [6.07, 6.45) is 1.14. The average molecular weight is 268 g/mol. The van der Waals surface area contributed by atoms with Gasteiger partial charge >= 0.3 is 0 Å². The van der Waals surface area contributed by atoms with E-state index in [1.807, 2.05) is 0 Å². The Morgan fingerprint density at radius 1 is 0.850 bits per heavy atom. The van der Waals surface area contributed by atoms with Crippen molar-refractivity contribution in [2.75, 3.05) is 19.6 Å². The van der Waals surface area contributed by atoms with E-state index in [-0.39, 0.29) is 0 Å². The molecule has 2 N–H and O–H groups in total. The second kappa shape index (κ2) is 7.83. The molecule has 0 unspecified atom stereocenters. The average Bonchev–Trinajstić information content (AvgIpc) is 2.50. The van der Waals surface area contributed by atoms with Crippen molar-refractivity contribution in [3.8, 4) is 0 Å². The third-order valence-electron chi connectivity index (χ3n) is 3.52. The zero-order chi connectivity index (χ0) is 14.2. The fraction of sp³-hybridized carbons (Fsp3) is 0.333. The second-order valence-corrected chi connectivity index (χ2v) is 5.05. The quantitative estimate of drug-likeness (QED) is 0.833. The molecule has 2 aromatic carbocycles. The van der Waals surface area contributed by atoms with Gasteiger partial charge in [0.05, 0.1) is 6.04 Å². The van der Waals surface area contributed by atoms with Crippen molar-refractivity contribution in [2.24, 2.45) is 5.73 Å². The third-order valence-corrected chi connectivity index (χ3v) is 3.52. The summed E-state index contributed by atoms with van der Waals surface area (Å²) in [5.74, 6) is 0. The van der Waals surface area contributed by atoms with Crippen molar-refractivity contribution in [3.05, 3.63) is 71.8 Å². The van der Waals surface area contributed by atoms with Crippen molar-refractivity contribution in [2.45, 2.75) is 19.4 Å². The summed E-state index contributed by atoms with van der Waals surface area (Å²) >= 11 is 0. The van der Waals surface area contributed by atoms with E-state index in [1.165, 1.54) is 11.1 Å². The van der Waals surface area contributed by atoms with Gasteiger partial charge in [0.25, 0.3) is 0 Å². The number of nitrogens with two attached hydrogens (primary N) is 1. The molecule has 106 valence electrons. The molecule has 0 saturated carbocycles. The lowest BCUT2D eigenvalue weighted by atomic mass is 9.97. The van der Waals surface area contributed by atoms with Crippen LogP contribution in [0.4, 0.5) is 0 Å². The lowest BCUT2D eigenvalue weighted by Crippen LogP contribution is -2.34. The maximum Gasteiger partial charge on any atom is 0.0602 e. The van der Waals surface area contributed by atoms with E-state index in [0.29, 0.717) is 12.6 Å². The lowest BCUT2D eigenvalue weighted by molar-refractivity contribution is 0.232. The highest BCUT2D eigenvalue weighted by atomic mass is 15.2. The van der Waals surface area contributed by atoms with Crippen LogP contribution in [-0.2, 0) is 0 Å². The zero-order valence-electron chi connectivity index (χ0n) is 12.2. The molecule has 0 spiro atoms. The van der Waals surface area contributed by atoms with Crippen molar-refractivity contribution in [3.63, 3.8) is 0 Å². The highest BCUT2D eigenvalue weighted by Gasteiger charge is 2.20. The van der Waals surface area contributed by atoms with Gasteiger partial charge in [0, 0.05) is 13.1 Å². The van der Waals surface area contributed by atoms with Crippen LogP contribution in [0.5, 0.6) is 0 Å². The molecular weight excluding hydrogens is 244 g/mol. The van der Waals surface area contributed by atoms with Gasteiger partial charge in [0.15, 0.2) is 0 Å². The Balaban J connectivity index is 2.38. The van der Waals surface area contributed by atoms with E-state index < -0.39 is 0 Å². The summed E-state index contributed by atoms with van der Waals surface area (Å²) in [6.45, 7) is 4.89. The largest absolute Gasteiger partial charge is 0.329 e. The predicted molar refractivity (Wildman–Crippen MR) is 85.6 cm³/mol. The molecule has 0 bridgehead atoms. The van der Waals surface area contributed by atoms with E-state index in [9.17, 15) is 0 Å². The Morgan fingerprint density at radius 2 is 1.35 bits per heavy atom. The second-order valence-electron chi connectivity index (χ2n) is 5.05. The minimum atomic E-state index is 0.292. The first-order valence-electron chi connectivity index (χ1n) is 7.40. The van der Waals surface area contributed by atoms with Crippen LogP contribution in [0.3, 0.4) is 0 Å². The van der Waals surface area contributed by atoms with E-state index in [0.717, 1.165) is 19.5 Å². The number of nitrogens with zero attached hydrogens (tertiary/aromatic N) is 1. The molecule has 0 aliphatic carbocycles. The highest BCUT2D eigenvalue weighted by molar-refractivity contribution is 5.31. The molecule has 0 saturated heterocycles. The summed E-state index contributed by atoms with van der Waals surface area (Å²) in [7, 11) is 0. The Morgan fingerprint density at radius 3 is 1.75 bits per heavy atom. The Labute approximate surface area is 122 Å². The summed E-state index contributed by atoms with van der Waals surface area (Å²) < 4.78 is 0. The molecular formula is C18H24N2. The molecule has 0 atom stereocenters. The first-order valence-corrected chi connectivity index (χ1v) is 7.40. The molecule has 2 heteroatoms. The van der Waals surface area contributed by atoms with E-state index >= 15 is 0 Å². The SMILES string of the molecule is CCCN(CCN)C(c1ccccc1)c1ccccc1. The van der Waals surface area contributed by atoms with Crippen molar-refractivity contribution in [1.29, 1.82) is 0 Å². The minimum absolute atomic E-state index is 0.292. The zero-order valence-corrected chi connectivity index (χ0v) is 12.2. The number of hydrogen-bond donors (Lipinski definition) is 1. The first-order chi connectivity index (χ1) is 9.86. The minimum Gasteiger partial charge on any atom is -0.329 e.